The van der Waals surface area contributed by atoms with E-state index in [0.717, 1.165) is 76.2 Å². The van der Waals surface area contributed by atoms with Gasteiger partial charge >= 0.3 is 18.2 Å². The van der Waals surface area contributed by atoms with Crippen LogP contribution in [-0.2, 0) is 28.7 Å². The highest BCUT2D eigenvalue weighted by Crippen LogP contribution is 2.32. The Bertz CT molecular complexity index is 6300. The lowest BCUT2D eigenvalue weighted by Crippen LogP contribution is -2.58. The van der Waals surface area contributed by atoms with Gasteiger partial charge in [0.05, 0.1) is 34.7 Å². The number of thiophene rings is 1. The minimum absolute atomic E-state index is 0.0125. The number of piperazine rings is 4. The van der Waals surface area contributed by atoms with Gasteiger partial charge in [-0.05, 0) is 188 Å². The number of anilines is 16. The number of pyridine rings is 4. The first-order chi connectivity index (χ1) is 65.6. The third kappa shape index (κ3) is 24.8. The smallest absolute Gasteiger partial charge is 0.453 e. The van der Waals surface area contributed by atoms with Crippen molar-refractivity contribution in [2.75, 3.05) is 122 Å². The number of aromatic nitrogens is 16. The third-order valence-electron chi connectivity index (χ3n) is 22.9. The predicted octanol–water partition coefficient (Wildman–Crippen LogP) is 13.0. The SMILES string of the molecule is CC(=O)N1[C@H](C)CN(c2cc(-n3cnc(Nc4ccc(N)cc4)n3)ccn2)C[C@@H]1C.CC(=O)N1[C@H](C)CN(c2cc(-n3cnc(Nc4ccc(NC(=O)C(F)(F)F)cc4)n3)ccn2)C[C@@H]1C.CC(=O)N1[C@H](C)CN(c2cc(-n3cnc(Nc4ccc(NC(=O)c5cccs5)cc4)n3)ccn2)C[C@@H]1C.COC(=O)Nc1ccc(Nc2ncn(-c3ccnc(N4C[C@@H](C)N(C(C)=O)[C@@H](C)C4)c3)n2)cc1. The molecule has 7 amide bonds. The Labute approximate surface area is 791 Å². The number of methoxy groups -OCH3 is 1. The lowest BCUT2D eigenvalue weighted by Gasteiger charge is -2.44. The van der Waals surface area contributed by atoms with Gasteiger partial charge in [-0.1, -0.05) is 6.07 Å². The Hall–Kier alpha value is -16.2. The summed E-state index contributed by atoms with van der Waals surface area (Å²) < 4.78 is 48.4. The molecule has 9 N–H and O–H groups in total. The normalized spacial score (nSPS) is 18.1. The molecule has 0 aliphatic carbocycles. The largest absolute Gasteiger partial charge is 0.471 e. The number of amides is 7. The van der Waals surface area contributed by atoms with E-state index in [2.05, 4.69) is 158 Å². The van der Waals surface area contributed by atoms with Gasteiger partial charge in [0.1, 0.15) is 48.6 Å². The fourth-order valence-electron chi connectivity index (χ4n) is 17.2. The molecule has 40 nitrogen and oxygen atoms in total. The van der Waals surface area contributed by atoms with Crippen molar-refractivity contribution < 1.29 is 51.5 Å². The van der Waals surface area contributed by atoms with E-state index in [4.69, 9.17) is 5.73 Å². The van der Waals surface area contributed by atoms with E-state index in [1.807, 2.05) is 136 Å². The van der Waals surface area contributed by atoms with E-state index in [1.54, 1.807) is 132 Å². The number of carbonyl (C=O) groups excluding carboxylic acids is 7. The number of benzene rings is 4. The van der Waals surface area contributed by atoms with Crippen molar-refractivity contribution in [1.82, 2.24) is 98.6 Å². The molecule has 4 fully saturated rings. The van der Waals surface area contributed by atoms with E-state index >= 15 is 0 Å². The van der Waals surface area contributed by atoms with Crippen LogP contribution in [0.2, 0.25) is 0 Å². The number of rotatable bonds is 20. The van der Waals surface area contributed by atoms with Crippen LogP contribution in [0.3, 0.4) is 0 Å². The lowest BCUT2D eigenvalue weighted by atomic mass is 10.1. The number of hydrogen-bond acceptors (Lipinski definition) is 30. The molecule has 0 spiro atoms. The Balaban J connectivity index is 0.000000146. The zero-order valence-electron chi connectivity index (χ0n) is 77.6. The van der Waals surface area contributed by atoms with Crippen molar-refractivity contribution in [2.24, 2.45) is 0 Å². The van der Waals surface area contributed by atoms with Crippen LogP contribution in [0.15, 0.2) is 213 Å². The molecular formula is C93H107F3N32O8S. The molecule has 17 rings (SSSR count). The number of nitrogens with one attached hydrogen (secondary N) is 7. The highest BCUT2D eigenvalue weighted by Gasteiger charge is 2.40. The fraction of sp³-hybridized carbons (Fsp3) is 0.323. The summed E-state index contributed by atoms with van der Waals surface area (Å²) in [6, 6.07) is 47.2. The number of nitrogens with zero attached hydrogens (tertiary/aromatic N) is 24. The number of ether oxygens (including phenoxy) is 1. The summed E-state index contributed by atoms with van der Waals surface area (Å²) in [6.45, 7) is 28.5. The molecule has 8 atom stereocenters. The zero-order chi connectivity index (χ0) is 97.5. The van der Waals surface area contributed by atoms with Crippen LogP contribution < -0.4 is 62.6 Å². The number of hydrogen-bond donors (Lipinski definition) is 8. The van der Waals surface area contributed by atoms with E-state index in [9.17, 15) is 46.7 Å². The van der Waals surface area contributed by atoms with Crippen molar-refractivity contribution in [2.45, 2.75) is 138 Å². The minimum atomic E-state index is -4.96. The standard InChI is InChI=1S/C26H28N8O2S.C23H25F3N8O2.C23H28N8O3.C21H26N8O/c1-17-14-32(15-18(2)34(17)19(3)35)24-13-22(10-11-27-24)33-16-28-26(31-33)30-21-8-6-20(7-9-21)29-25(36)23-5-4-12-37-23;1-14-11-32(12-15(2)34(14)16(3)35)20-10-19(8-9-27-20)33-13-28-22(31-33)30-18-6-4-17(5-7-18)29-21(36)23(24,25)26;1-15-12-29(13-16(2)31(15)17(3)32)21-11-20(9-10-24-21)30-14-25-22(28-30)26-18-5-7-19(8-6-18)27-23(33)34-4;1-14-11-27(12-15(2)29(14)16(3)30)20-10-19(8-9-23-20)28-13-24-21(26-28)25-18-6-4-17(22)5-7-18/h4-13,16-18H,14-15H2,1-3H3,(H,29,36)(H,30,31);4-10,13-15H,11-12H2,1-3H3,(H,29,36)(H,30,31);5-11,14-16H,12-13H2,1-4H3,(H,26,28)(H,27,33);4-10,13-15H,11-12,22H2,1-3H3,(H,25,26)/t17-,18+;14-,15+;15-,16+;14-,15+. The Morgan fingerprint density at radius 2 is 0.613 bits per heavy atom. The summed E-state index contributed by atoms with van der Waals surface area (Å²) in [5, 5.41) is 39.6. The summed E-state index contributed by atoms with van der Waals surface area (Å²) in [4.78, 5) is 135. The molecule has 0 saturated carbocycles. The van der Waals surface area contributed by atoms with E-state index in [0.29, 0.717) is 84.7 Å². The number of nitrogen functional groups attached to an aromatic ring is 1. The molecule has 13 heterocycles. The molecular weight excluding hydrogens is 1780 g/mol. The van der Waals surface area contributed by atoms with Crippen molar-refractivity contribution >= 4 is 145 Å². The molecule has 4 aromatic carbocycles. The number of nitrogens with two attached hydrogens (primary N) is 1. The monoisotopic (exact) mass is 1890 g/mol. The highest BCUT2D eigenvalue weighted by atomic mass is 32.1. The van der Waals surface area contributed by atoms with Gasteiger partial charge in [0.15, 0.2) is 0 Å². The topological polar surface area (TPSA) is 439 Å². The van der Waals surface area contributed by atoms with Gasteiger partial charge in [-0.15, -0.1) is 31.7 Å². The van der Waals surface area contributed by atoms with Gasteiger partial charge in [-0.25, -0.2) is 43.5 Å². The summed E-state index contributed by atoms with van der Waals surface area (Å²) in [5.74, 6) is 3.14. The predicted molar refractivity (Wildman–Crippen MR) is 518 cm³/mol. The summed E-state index contributed by atoms with van der Waals surface area (Å²) in [5.41, 5.74) is 14.0. The van der Waals surface area contributed by atoms with Crippen LogP contribution in [0, 0.1) is 0 Å². The second-order valence-corrected chi connectivity index (χ2v) is 34.5. The summed E-state index contributed by atoms with van der Waals surface area (Å²) >= 11 is 1.40. The van der Waals surface area contributed by atoms with Gasteiger partial charge in [0.2, 0.25) is 47.4 Å². The van der Waals surface area contributed by atoms with Crippen LogP contribution in [0.5, 0.6) is 0 Å². The van der Waals surface area contributed by atoms with Crippen LogP contribution in [0.25, 0.3) is 22.7 Å². The molecule has 0 radical (unpaired) electrons. The second kappa shape index (κ2) is 43.2. The van der Waals surface area contributed by atoms with Crippen molar-refractivity contribution in [3.63, 3.8) is 0 Å². The second-order valence-electron chi connectivity index (χ2n) is 33.5. The summed E-state index contributed by atoms with van der Waals surface area (Å²) in [6.07, 6.45) is 7.95. The molecule has 0 unspecified atom stereocenters. The number of carbonyl (C=O) groups is 7. The van der Waals surface area contributed by atoms with E-state index in [1.165, 1.54) is 49.0 Å². The maximum absolute atomic E-state index is 12.4. The maximum atomic E-state index is 12.4. The first-order valence-electron chi connectivity index (χ1n) is 44.1. The van der Waals surface area contributed by atoms with Crippen molar-refractivity contribution in [3.8, 4) is 22.7 Å². The molecule has 9 aromatic heterocycles. The van der Waals surface area contributed by atoms with Crippen molar-refractivity contribution in [1.29, 1.82) is 0 Å². The average Bonchev–Trinajstić information content (AvgIpc) is 1.56. The van der Waals surface area contributed by atoms with Gasteiger partial charge in [0, 0.05) is 223 Å². The third-order valence-corrected chi connectivity index (χ3v) is 23.8. The molecule has 714 valence electrons. The Morgan fingerprint density at radius 1 is 0.358 bits per heavy atom. The first-order valence-corrected chi connectivity index (χ1v) is 45.0. The van der Waals surface area contributed by atoms with Crippen LogP contribution in [0.1, 0.15) is 92.8 Å². The molecule has 137 heavy (non-hydrogen) atoms. The molecule has 13 aromatic rings. The highest BCUT2D eigenvalue weighted by molar-refractivity contribution is 7.12. The number of alkyl halides is 3. The van der Waals surface area contributed by atoms with Crippen molar-refractivity contribution in [3.05, 3.63) is 218 Å². The summed E-state index contributed by atoms with van der Waals surface area (Å²) in [7, 11) is 1.31. The quantitative estimate of drug-likeness (QED) is 0.0329. The average molecular weight is 1890 g/mol. The molecule has 4 saturated heterocycles. The minimum Gasteiger partial charge on any atom is -0.453 e. The zero-order valence-corrected chi connectivity index (χ0v) is 78.4. The first kappa shape index (κ1) is 96.9. The molecule has 4 aliphatic rings. The van der Waals surface area contributed by atoms with Gasteiger partial charge in [-0.3, -0.25) is 34.1 Å². The van der Waals surface area contributed by atoms with Gasteiger partial charge in [0.25, 0.3) is 5.91 Å². The van der Waals surface area contributed by atoms with Gasteiger partial charge in [-0.2, -0.15) is 33.1 Å². The molecule has 44 heteroatoms. The van der Waals surface area contributed by atoms with E-state index in [-0.39, 0.29) is 89.5 Å². The fourth-order valence-corrected chi connectivity index (χ4v) is 17.8. The molecule has 4 aliphatic heterocycles. The van der Waals surface area contributed by atoms with E-state index < -0.39 is 18.2 Å². The Kier molecular flexibility index (Phi) is 30.6. The van der Waals surface area contributed by atoms with Crippen LogP contribution >= 0.6 is 11.3 Å². The van der Waals surface area contributed by atoms with Crippen LogP contribution in [-0.4, -0.2) is 254 Å². The van der Waals surface area contributed by atoms with Crippen LogP contribution in [0.4, 0.5) is 111 Å². The Morgan fingerprint density at radius 3 is 0.861 bits per heavy atom. The van der Waals surface area contributed by atoms with Gasteiger partial charge < -0.3 is 81.6 Å². The lowest BCUT2D eigenvalue weighted by molar-refractivity contribution is -0.167. The maximum Gasteiger partial charge on any atom is 0.471 e. The number of halogens is 3. The molecule has 0 bridgehead atoms.